The second-order valence-corrected chi connectivity index (χ2v) is 5.71. The van der Waals surface area contributed by atoms with Crippen molar-refractivity contribution in [2.24, 2.45) is 17.3 Å². The second-order valence-electron chi connectivity index (χ2n) is 5.71. The molecule has 1 heterocycles. The summed E-state index contributed by atoms with van der Waals surface area (Å²) in [6, 6.07) is 0. The lowest BCUT2D eigenvalue weighted by Gasteiger charge is -2.40. The first-order chi connectivity index (χ1) is 7.94. The van der Waals surface area contributed by atoms with E-state index in [0.29, 0.717) is 12.3 Å². The molecule has 2 aliphatic carbocycles. The highest BCUT2D eigenvalue weighted by atomic mass is 16.7. The Labute approximate surface area is 100.0 Å². The SMILES string of the molecule is CC1(C)OC(=O)C2(CC3C=CCC2C3)C(=O)O1. The number of ether oxygens (including phenoxy) is 2. The van der Waals surface area contributed by atoms with Crippen LogP contribution in [0.3, 0.4) is 0 Å². The van der Waals surface area contributed by atoms with E-state index in [1.807, 2.05) is 0 Å². The van der Waals surface area contributed by atoms with E-state index in [0.717, 1.165) is 12.8 Å². The lowest BCUT2D eigenvalue weighted by atomic mass is 9.75. The van der Waals surface area contributed by atoms with Crippen LogP contribution in [0.5, 0.6) is 0 Å². The van der Waals surface area contributed by atoms with E-state index in [1.165, 1.54) is 0 Å². The second kappa shape index (κ2) is 3.12. The summed E-state index contributed by atoms with van der Waals surface area (Å²) in [5.74, 6) is -1.54. The van der Waals surface area contributed by atoms with Gasteiger partial charge in [0, 0.05) is 13.8 Å². The fourth-order valence-corrected chi connectivity index (χ4v) is 3.34. The van der Waals surface area contributed by atoms with Gasteiger partial charge in [0.25, 0.3) is 5.79 Å². The molecule has 0 aromatic carbocycles. The predicted molar refractivity (Wildman–Crippen MR) is 58.7 cm³/mol. The Kier molecular flexibility index (Phi) is 1.98. The van der Waals surface area contributed by atoms with Crippen LogP contribution < -0.4 is 0 Å². The standard InChI is InChI=1S/C13H16O4/c1-12(2)16-10(14)13(11(15)17-12)7-8-4-3-5-9(13)6-8/h3-4,8-9H,5-7H2,1-2H3. The van der Waals surface area contributed by atoms with Crippen molar-refractivity contribution in [3.8, 4) is 0 Å². The van der Waals surface area contributed by atoms with Gasteiger partial charge in [-0.2, -0.15) is 0 Å². The molecule has 4 nitrogen and oxygen atoms in total. The van der Waals surface area contributed by atoms with Gasteiger partial charge in [0.2, 0.25) is 0 Å². The molecule has 0 aromatic rings. The molecule has 3 rings (SSSR count). The third kappa shape index (κ3) is 1.36. The van der Waals surface area contributed by atoms with E-state index in [4.69, 9.17) is 9.47 Å². The highest BCUT2D eigenvalue weighted by molar-refractivity contribution is 6.02. The minimum atomic E-state index is -1.12. The molecule has 2 bridgehead atoms. The summed E-state index contributed by atoms with van der Waals surface area (Å²) < 4.78 is 10.6. The van der Waals surface area contributed by atoms with Crippen molar-refractivity contribution < 1.29 is 19.1 Å². The molecule has 3 aliphatic rings. The highest BCUT2D eigenvalue weighted by Crippen LogP contribution is 2.55. The van der Waals surface area contributed by atoms with E-state index in [1.54, 1.807) is 13.8 Å². The monoisotopic (exact) mass is 236 g/mol. The van der Waals surface area contributed by atoms with Gasteiger partial charge < -0.3 is 9.47 Å². The van der Waals surface area contributed by atoms with Gasteiger partial charge in [-0.15, -0.1) is 0 Å². The van der Waals surface area contributed by atoms with Crippen LogP contribution in [0.25, 0.3) is 0 Å². The lowest BCUT2D eigenvalue weighted by molar-refractivity contribution is -0.253. The lowest BCUT2D eigenvalue weighted by Crippen LogP contribution is -2.55. The molecule has 1 aliphatic heterocycles. The molecule has 0 N–H and O–H groups in total. The summed E-state index contributed by atoms with van der Waals surface area (Å²) >= 11 is 0. The van der Waals surface area contributed by atoms with Crippen molar-refractivity contribution in [1.82, 2.24) is 0 Å². The molecule has 2 unspecified atom stereocenters. The Bertz CT molecular complexity index is 401. The number of fused-ring (bicyclic) bond motifs is 3. The van der Waals surface area contributed by atoms with Gasteiger partial charge in [-0.1, -0.05) is 12.2 Å². The summed E-state index contributed by atoms with van der Waals surface area (Å²) in [5.41, 5.74) is -1.04. The van der Waals surface area contributed by atoms with Crippen LogP contribution in [0.1, 0.15) is 33.1 Å². The molecule has 1 saturated heterocycles. The molecule has 2 fully saturated rings. The van der Waals surface area contributed by atoms with Crippen molar-refractivity contribution in [1.29, 1.82) is 0 Å². The molecule has 2 atom stereocenters. The van der Waals surface area contributed by atoms with Crippen LogP contribution in [0.2, 0.25) is 0 Å². The number of esters is 2. The number of hydrogen-bond acceptors (Lipinski definition) is 4. The van der Waals surface area contributed by atoms with Crippen molar-refractivity contribution in [3.63, 3.8) is 0 Å². The van der Waals surface area contributed by atoms with E-state index in [-0.39, 0.29) is 5.92 Å². The maximum Gasteiger partial charge on any atom is 0.327 e. The van der Waals surface area contributed by atoms with Crippen LogP contribution in [-0.2, 0) is 19.1 Å². The molecule has 0 radical (unpaired) electrons. The quantitative estimate of drug-likeness (QED) is 0.365. The van der Waals surface area contributed by atoms with Crippen molar-refractivity contribution in [2.45, 2.75) is 38.9 Å². The summed E-state index contributed by atoms with van der Waals surface area (Å²) in [4.78, 5) is 24.5. The molecule has 92 valence electrons. The van der Waals surface area contributed by atoms with Crippen molar-refractivity contribution in [2.75, 3.05) is 0 Å². The van der Waals surface area contributed by atoms with Crippen molar-refractivity contribution >= 4 is 11.9 Å². The fraction of sp³-hybridized carbons (Fsp3) is 0.692. The normalized spacial score (nSPS) is 36.8. The number of carbonyl (C=O) groups is 2. The Morgan fingerprint density at radius 1 is 1.24 bits per heavy atom. The van der Waals surface area contributed by atoms with Gasteiger partial charge in [-0.05, 0) is 31.1 Å². The Morgan fingerprint density at radius 2 is 1.88 bits per heavy atom. The van der Waals surface area contributed by atoms with Gasteiger partial charge in [-0.25, -0.2) is 0 Å². The average molecular weight is 236 g/mol. The number of allylic oxidation sites excluding steroid dienone is 2. The van der Waals surface area contributed by atoms with Crippen LogP contribution >= 0.6 is 0 Å². The van der Waals surface area contributed by atoms with E-state index < -0.39 is 23.1 Å². The first-order valence-electron chi connectivity index (χ1n) is 6.07. The third-order valence-electron chi connectivity index (χ3n) is 4.10. The average Bonchev–Trinajstić information content (AvgIpc) is 2.47. The van der Waals surface area contributed by atoms with Crippen LogP contribution in [0, 0.1) is 17.3 Å². The number of hydrogen-bond donors (Lipinski definition) is 0. The van der Waals surface area contributed by atoms with Gasteiger partial charge in [0.05, 0.1) is 0 Å². The van der Waals surface area contributed by atoms with E-state index in [2.05, 4.69) is 12.2 Å². The maximum atomic E-state index is 12.2. The smallest absolute Gasteiger partial charge is 0.327 e. The van der Waals surface area contributed by atoms with E-state index >= 15 is 0 Å². The first-order valence-corrected chi connectivity index (χ1v) is 6.07. The summed E-state index contributed by atoms with van der Waals surface area (Å²) in [6.07, 6.45) is 6.36. The molecular weight excluding hydrogens is 220 g/mol. The van der Waals surface area contributed by atoms with E-state index in [9.17, 15) is 9.59 Å². The van der Waals surface area contributed by atoms with Gasteiger partial charge in [0.15, 0.2) is 5.41 Å². The zero-order valence-corrected chi connectivity index (χ0v) is 10.1. The molecule has 0 aromatic heterocycles. The molecule has 4 heteroatoms. The Hall–Kier alpha value is -1.32. The molecular formula is C13H16O4. The number of rotatable bonds is 0. The fourth-order valence-electron chi connectivity index (χ4n) is 3.34. The largest absolute Gasteiger partial charge is 0.422 e. The predicted octanol–water partition coefficient (Wildman–Crippen LogP) is 1.79. The van der Waals surface area contributed by atoms with Crippen molar-refractivity contribution in [3.05, 3.63) is 12.2 Å². The number of carbonyl (C=O) groups excluding carboxylic acids is 2. The topological polar surface area (TPSA) is 52.6 Å². The molecule has 0 amide bonds. The molecule has 1 spiro atoms. The summed E-state index contributed by atoms with van der Waals surface area (Å²) in [6.45, 7) is 3.18. The van der Waals surface area contributed by atoms with Crippen LogP contribution in [0.15, 0.2) is 12.2 Å². The molecule has 1 saturated carbocycles. The van der Waals surface area contributed by atoms with Gasteiger partial charge in [-0.3, -0.25) is 9.59 Å². The Balaban J connectivity index is 1.98. The van der Waals surface area contributed by atoms with Gasteiger partial charge in [0.1, 0.15) is 0 Å². The third-order valence-corrected chi connectivity index (χ3v) is 4.10. The zero-order chi connectivity index (χ0) is 12.3. The van der Waals surface area contributed by atoms with Gasteiger partial charge >= 0.3 is 11.9 Å². The zero-order valence-electron chi connectivity index (χ0n) is 10.1. The summed E-state index contributed by atoms with van der Waals surface area (Å²) in [5, 5.41) is 0. The minimum Gasteiger partial charge on any atom is -0.422 e. The summed E-state index contributed by atoms with van der Waals surface area (Å²) in [7, 11) is 0. The molecule has 17 heavy (non-hydrogen) atoms. The van der Waals surface area contributed by atoms with Crippen LogP contribution in [-0.4, -0.2) is 17.7 Å². The Morgan fingerprint density at radius 3 is 2.47 bits per heavy atom. The number of cyclic esters (lactones) is 2. The first kappa shape index (κ1) is 10.8. The van der Waals surface area contributed by atoms with Crippen LogP contribution in [0.4, 0.5) is 0 Å². The maximum absolute atomic E-state index is 12.2. The highest BCUT2D eigenvalue weighted by Gasteiger charge is 2.64. The minimum absolute atomic E-state index is 0.0496.